The van der Waals surface area contributed by atoms with Gasteiger partial charge < -0.3 is 11.1 Å². The fourth-order valence-corrected chi connectivity index (χ4v) is 2.80. The van der Waals surface area contributed by atoms with Crippen LogP contribution in [0.25, 0.3) is 10.2 Å². The van der Waals surface area contributed by atoms with E-state index in [1.807, 2.05) is 6.92 Å². The van der Waals surface area contributed by atoms with Crippen molar-refractivity contribution in [1.29, 1.82) is 0 Å². The number of hydrogen-bond acceptors (Lipinski definition) is 4. The summed E-state index contributed by atoms with van der Waals surface area (Å²) in [6.45, 7) is 4.98. The number of thiazole rings is 1. The SMILES string of the molecule is Cc1nc2c(CCCNC(C)N)cccc2s1. The zero-order chi connectivity index (χ0) is 12.3. The van der Waals surface area contributed by atoms with Crippen LogP contribution in [0.3, 0.4) is 0 Å². The minimum atomic E-state index is 0.0762. The normalized spacial score (nSPS) is 13.1. The molecule has 0 amide bonds. The summed E-state index contributed by atoms with van der Waals surface area (Å²) in [5.41, 5.74) is 8.17. The summed E-state index contributed by atoms with van der Waals surface area (Å²) < 4.78 is 1.29. The summed E-state index contributed by atoms with van der Waals surface area (Å²) >= 11 is 1.76. The van der Waals surface area contributed by atoms with Crippen molar-refractivity contribution in [3.8, 4) is 0 Å². The Labute approximate surface area is 106 Å². The van der Waals surface area contributed by atoms with Gasteiger partial charge in [-0.05, 0) is 44.9 Å². The van der Waals surface area contributed by atoms with Crippen LogP contribution in [0.4, 0.5) is 0 Å². The van der Waals surface area contributed by atoms with Gasteiger partial charge in [0.2, 0.25) is 0 Å². The van der Waals surface area contributed by atoms with Crippen molar-refractivity contribution < 1.29 is 0 Å². The molecular weight excluding hydrogens is 230 g/mol. The first kappa shape index (κ1) is 12.5. The number of nitrogens with zero attached hydrogens (tertiary/aromatic N) is 1. The van der Waals surface area contributed by atoms with E-state index in [4.69, 9.17) is 5.73 Å². The molecule has 1 heterocycles. The fraction of sp³-hybridized carbons (Fsp3) is 0.462. The highest BCUT2D eigenvalue weighted by Gasteiger charge is 2.05. The number of hydrogen-bond donors (Lipinski definition) is 2. The maximum absolute atomic E-state index is 5.64. The second-order valence-electron chi connectivity index (χ2n) is 4.34. The predicted molar refractivity (Wildman–Crippen MR) is 74.3 cm³/mol. The van der Waals surface area contributed by atoms with Crippen LogP contribution in [0, 0.1) is 6.92 Å². The van der Waals surface area contributed by atoms with Gasteiger partial charge in [0.15, 0.2) is 0 Å². The monoisotopic (exact) mass is 249 g/mol. The fourth-order valence-electron chi connectivity index (χ4n) is 1.93. The molecule has 1 aromatic carbocycles. The van der Waals surface area contributed by atoms with E-state index in [9.17, 15) is 0 Å². The molecule has 92 valence electrons. The first-order valence-electron chi connectivity index (χ1n) is 6.01. The number of benzene rings is 1. The van der Waals surface area contributed by atoms with Gasteiger partial charge in [0, 0.05) is 0 Å². The molecule has 0 fully saturated rings. The molecule has 0 spiro atoms. The molecule has 0 radical (unpaired) electrons. The Hall–Kier alpha value is -0.970. The lowest BCUT2D eigenvalue weighted by Gasteiger charge is -2.07. The minimum absolute atomic E-state index is 0.0762. The molecule has 17 heavy (non-hydrogen) atoms. The van der Waals surface area contributed by atoms with Gasteiger partial charge in [0.05, 0.1) is 21.4 Å². The Morgan fingerprint density at radius 2 is 2.29 bits per heavy atom. The number of nitrogens with two attached hydrogens (primary N) is 1. The van der Waals surface area contributed by atoms with Crippen molar-refractivity contribution in [3.63, 3.8) is 0 Å². The minimum Gasteiger partial charge on any atom is -0.316 e. The van der Waals surface area contributed by atoms with Crippen LogP contribution >= 0.6 is 11.3 Å². The molecule has 1 atom stereocenters. The number of nitrogens with one attached hydrogen (secondary N) is 1. The molecule has 0 aliphatic heterocycles. The number of para-hydroxylation sites is 1. The Morgan fingerprint density at radius 1 is 1.47 bits per heavy atom. The molecular formula is C13H19N3S. The largest absolute Gasteiger partial charge is 0.316 e. The lowest BCUT2D eigenvalue weighted by Crippen LogP contribution is -2.34. The number of aryl methyl sites for hydroxylation is 2. The molecule has 0 saturated carbocycles. The average molecular weight is 249 g/mol. The molecule has 1 unspecified atom stereocenters. The van der Waals surface area contributed by atoms with Crippen molar-refractivity contribution in [2.24, 2.45) is 5.73 Å². The van der Waals surface area contributed by atoms with Crippen LogP contribution < -0.4 is 11.1 Å². The number of fused-ring (bicyclic) bond motifs is 1. The lowest BCUT2D eigenvalue weighted by molar-refractivity contribution is 0.552. The van der Waals surface area contributed by atoms with Crippen molar-refractivity contribution in [2.45, 2.75) is 32.9 Å². The van der Waals surface area contributed by atoms with Gasteiger partial charge in [-0.3, -0.25) is 0 Å². The molecule has 3 N–H and O–H groups in total. The molecule has 2 aromatic rings. The van der Waals surface area contributed by atoms with E-state index in [0.29, 0.717) is 0 Å². The van der Waals surface area contributed by atoms with E-state index in [1.54, 1.807) is 11.3 Å². The number of rotatable bonds is 5. The molecule has 0 aliphatic carbocycles. The van der Waals surface area contributed by atoms with Gasteiger partial charge in [0.25, 0.3) is 0 Å². The van der Waals surface area contributed by atoms with Gasteiger partial charge in [0.1, 0.15) is 0 Å². The second kappa shape index (κ2) is 5.58. The van der Waals surface area contributed by atoms with E-state index < -0.39 is 0 Å². The van der Waals surface area contributed by atoms with Crippen LogP contribution in [0.2, 0.25) is 0 Å². The third-order valence-electron chi connectivity index (χ3n) is 2.70. The lowest BCUT2D eigenvalue weighted by atomic mass is 10.1. The maximum Gasteiger partial charge on any atom is 0.0907 e. The number of aromatic nitrogens is 1. The van der Waals surface area contributed by atoms with Gasteiger partial charge in [-0.15, -0.1) is 11.3 Å². The Kier molecular flexibility index (Phi) is 4.10. The van der Waals surface area contributed by atoms with Gasteiger partial charge >= 0.3 is 0 Å². The summed E-state index contributed by atoms with van der Waals surface area (Å²) in [5.74, 6) is 0. The standard InChI is InChI=1S/C13H19N3S/c1-9(14)15-8-4-6-11-5-3-7-12-13(11)16-10(2)17-12/h3,5,7,9,15H,4,6,8,14H2,1-2H3. The quantitative estimate of drug-likeness (QED) is 0.632. The smallest absolute Gasteiger partial charge is 0.0907 e. The van der Waals surface area contributed by atoms with E-state index in [-0.39, 0.29) is 6.17 Å². The molecule has 0 bridgehead atoms. The Bertz CT molecular complexity index is 490. The molecule has 2 rings (SSSR count). The van der Waals surface area contributed by atoms with Crippen LogP contribution in [0.1, 0.15) is 23.9 Å². The molecule has 0 aliphatic rings. The third kappa shape index (κ3) is 3.25. The van der Waals surface area contributed by atoms with E-state index in [1.165, 1.54) is 15.8 Å². The van der Waals surface area contributed by atoms with Crippen LogP contribution in [0.15, 0.2) is 18.2 Å². The van der Waals surface area contributed by atoms with Crippen molar-refractivity contribution >= 4 is 21.6 Å². The van der Waals surface area contributed by atoms with Crippen LogP contribution in [0.5, 0.6) is 0 Å². The predicted octanol–water partition coefficient (Wildman–Crippen LogP) is 2.43. The zero-order valence-corrected chi connectivity index (χ0v) is 11.2. The van der Waals surface area contributed by atoms with Crippen molar-refractivity contribution in [3.05, 3.63) is 28.8 Å². The maximum atomic E-state index is 5.64. The third-order valence-corrected chi connectivity index (χ3v) is 3.63. The Balaban J connectivity index is 2.03. The summed E-state index contributed by atoms with van der Waals surface area (Å²) in [4.78, 5) is 4.60. The molecule has 0 saturated heterocycles. The summed E-state index contributed by atoms with van der Waals surface area (Å²) in [7, 11) is 0. The highest BCUT2D eigenvalue weighted by atomic mass is 32.1. The molecule has 4 heteroatoms. The Morgan fingerprint density at radius 3 is 3.06 bits per heavy atom. The van der Waals surface area contributed by atoms with Crippen LogP contribution in [-0.4, -0.2) is 17.7 Å². The average Bonchev–Trinajstić information content (AvgIpc) is 2.65. The summed E-state index contributed by atoms with van der Waals surface area (Å²) in [6.07, 6.45) is 2.23. The van der Waals surface area contributed by atoms with Crippen molar-refractivity contribution in [2.75, 3.05) is 6.54 Å². The van der Waals surface area contributed by atoms with Gasteiger partial charge in [-0.2, -0.15) is 0 Å². The van der Waals surface area contributed by atoms with Crippen molar-refractivity contribution in [1.82, 2.24) is 10.3 Å². The molecule has 3 nitrogen and oxygen atoms in total. The zero-order valence-electron chi connectivity index (χ0n) is 10.4. The highest BCUT2D eigenvalue weighted by molar-refractivity contribution is 7.18. The van der Waals surface area contributed by atoms with E-state index in [2.05, 4.69) is 35.4 Å². The first-order valence-corrected chi connectivity index (χ1v) is 6.82. The van der Waals surface area contributed by atoms with E-state index >= 15 is 0 Å². The second-order valence-corrected chi connectivity index (χ2v) is 5.58. The van der Waals surface area contributed by atoms with Crippen LogP contribution in [-0.2, 0) is 6.42 Å². The van der Waals surface area contributed by atoms with Gasteiger partial charge in [-0.1, -0.05) is 12.1 Å². The van der Waals surface area contributed by atoms with Gasteiger partial charge in [-0.25, -0.2) is 4.98 Å². The summed E-state index contributed by atoms with van der Waals surface area (Å²) in [6, 6.07) is 6.44. The highest BCUT2D eigenvalue weighted by Crippen LogP contribution is 2.24. The first-order chi connectivity index (χ1) is 8.16. The summed E-state index contributed by atoms with van der Waals surface area (Å²) in [5, 5.41) is 4.37. The topological polar surface area (TPSA) is 50.9 Å². The van der Waals surface area contributed by atoms with E-state index in [0.717, 1.165) is 24.4 Å². The molecule has 1 aromatic heterocycles.